The Labute approximate surface area is 159 Å². The van der Waals surface area contributed by atoms with E-state index < -0.39 is 0 Å². The van der Waals surface area contributed by atoms with Crippen molar-refractivity contribution in [1.29, 1.82) is 0 Å². The molecule has 0 radical (unpaired) electrons. The number of carbonyl (C=O) groups excluding carboxylic acids is 1. The largest absolute Gasteiger partial charge is 0.378 e. The van der Waals surface area contributed by atoms with Crippen molar-refractivity contribution in [2.45, 2.75) is 22.2 Å². The van der Waals surface area contributed by atoms with E-state index in [0.29, 0.717) is 30.5 Å². The minimum Gasteiger partial charge on any atom is -0.378 e. The third-order valence-corrected chi connectivity index (χ3v) is 5.79. The number of hydrogen-bond acceptors (Lipinski definition) is 6. The van der Waals surface area contributed by atoms with E-state index in [9.17, 15) is 4.79 Å². The lowest BCUT2D eigenvalue weighted by molar-refractivity contribution is -0.120. The van der Waals surface area contributed by atoms with Crippen LogP contribution in [0, 0.1) is 6.92 Å². The van der Waals surface area contributed by atoms with E-state index >= 15 is 0 Å². The minimum absolute atomic E-state index is 0. The summed E-state index contributed by atoms with van der Waals surface area (Å²) in [6.07, 6.45) is 0. The normalized spacial score (nSPS) is 17.2. The number of halogens is 2. The van der Waals surface area contributed by atoms with Crippen molar-refractivity contribution in [2.24, 2.45) is 0 Å². The monoisotopic (exact) mass is 405 g/mol. The molecule has 130 valence electrons. The first-order valence-corrected chi connectivity index (χ1v) is 9.21. The van der Waals surface area contributed by atoms with Crippen molar-refractivity contribution in [2.75, 3.05) is 25.1 Å². The molecule has 2 aromatic rings. The molecule has 0 saturated carbocycles. The van der Waals surface area contributed by atoms with Gasteiger partial charge in [0.2, 0.25) is 5.91 Å². The van der Waals surface area contributed by atoms with Gasteiger partial charge in [-0.3, -0.25) is 4.79 Å². The molecular formula is C15H17Cl2N3O2S2. The Bertz CT molecular complexity index is 706. The highest BCUT2D eigenvalue weighted by Gasteiger charge is 2.21. The number of hydrogen-bond donors (Lipinski definition) is 2. The first-order valence-electron chi connectivity index (χ1n) is 7.13. The number of aryl methyl sites for hydroxylation is 1. The Morgan fingerprint density at radius 3 is 3.00 bits per heavy atom. The second-order valence-corrected chi connectivity index (χ2v) is 7.63. The van der Waals surface area contributed by atoms with Crippen LogP contribution < -0.4 is 10.6 Å². The van der Waals surface area contributed by atoms with Gasteiger partial charge in [0.25, 0.3) is 0 Å². The molecule has 0 spiro atoms. The van der Waals surface area contributed by atoms with E-state index in [1.807, 2.05) is 24.4 Å². The Balaban J connectivity index is 0.00000208. The molecule has 1 atom stereocenters. The molecule has 24 heavy (non-hydrogen) atoms. The van der Waals surface area contributed by atoms with Gasteiger partial charge in [-0.15, -0.1) is 23.7 Å². The molecule has 1 aliphatic heterocycles. The van der Waals surface area contributed by atoms with Gasteiger partial charge in [0.1, 0.15) is 6.04 Å². The van der Waals surface area contributed by atoms with Crippen LogP contribution in [0.5, 0.6) is 0 Å². The Morgan fingerprint density at radius 1 is 1.54 bits per heavy atom. The van der Waals surface area contributed by atoms with E-state index in [0.717, 1.165) is 14.9 Å². The second kappa shape index (κ2) is 9.03. The number of aromatic nitrogens is 1. The third-order valence-electron chi connectivity index (χ3n) is 3.23. The number of nitrogens with zero attached hydrogens (tertiary/aromatic N) is 1. The van der Waals surface area contributed by atoms with Crippen LogP contribution in [0.15, 0.2) is 32.8 Å². The van der Waals surface area contributed by atoms with Crippen molar-refractivity contribution in [3.63, 3.8) is 0 Å². The van der Waals surface area contributed by atoms with Crippen LogP contribution in [0.25, 0.3) is 0 Å². The molecule has 1 amide bonds. The molecule has 9 heteroatoms. The van der Waals surface area contributed by atoms with Gasteiger partial charge in [-0.2, -0.15) is 0 Å². The topological polar surface area (TPSA) is 63.2 Å². The average Bonchev–Trinajstić information content (AvgIpc) is 2.96. The molecular weight excluding hydrogens is 389 g/mol. The highest BCUT2D eigenvalue weighted by atomic mass is 35.5. The van der Waals surface area contributed by atoms with Gasteiger partial charge in [0.15, 0.2) is 4.34 Å². The summed E-state index contributed by atoms with van der Waals surface area (Å²) in [5.41, 5.74) is 1.67. The van der Waals surface area contributed by atoms with E-state index in [1.165, 1.54) is 11.8 Å². The van der Waals surface area contributed by atoms with Gasteiger partial charge in [0, 0.05) is 28.2 Å². The van der Waals surface area contributed by atoms with Gasteiger partial charge in [0.05, 0.1) is 18.2 Å². The molecule has 0 bridgehead atoms. The van der Waals surface area contributed by atoms with Crippen LogP contribution in [-0.4, -0.2) is 36.7 Å². The Hall–Kier alpha value is -0.830. The number of amides is 1. The first kappa shape index (κ1) is 19.5. The van der Waals surface area contributed by atoms with Crippen LogP contribution in [0.3, 0.4) is 0 Å². The smallest absolute Gasteiger partial charge is 0.243 e. The van der Waals surface area contributed by atoms with Crippen LogP contribution in [0.1, 0.15) is 5.69 Å². The predicted molar refractivity (Wildman–Crippen MR) is 101 cm³/mol. The standard InChI is InChI=1S/C15H16ClN3O2S2.ClH/c1-9-8-22-15(18-9)23-13-3-2-10(6-11(13)16)19-14(20)12-7-21-5-4-17-12;/h2-3,6,8,12,17H,4-5,7H2,1H3,(H,19,20);1H. The summed E-state index contributed by atoms with van der Waals surface area (Å²) in [5, 5.41) is 8.57. The molecule has 1 aromatic heterocycles. The molecule has 1 aromatic carbocycles. The SMILES string of the molecule is Cc1csc(Sc2ccc(NC(=O)C3COCCN3)cc2Cl)n1.Cl. The van der Waals surface area contributed by atoms with Gasteiger partial charge < -0.3 is 15.4 Å². The average molecular weight is 406 g/mol. The van der Waals surface area contributed by atoms with Crippen molar-refractivity contribution in [1.82, 2.24) is 10.3 Å². The summed E-state index contributed by atoms with van der Waals surface area (Å²) in [4.78, 5) is 17.5. The highest BCUT2D eigenvalue weighted by Crippen LogP contribution is 2.36. The highest BCUT2D eigenvalue weighted by molar-refractivity contribution is 8.01. The molecule has 1 unspecified atom stereocenters. The van der Waals surface area contributed by atoms with E-state index in [2.05, 4.69) is 15.6 Å². The molecule has 1 saturated heterocycles. The number of carbonyl (C=O) groups is 1. The minimum atomic E-state index is -0.324. The number of nitrogens with one attached hydrogen (secondary N) is 2. The number of morpholine rings is 1. The quantitative estimate of drug-likeness (QED) is 0.813. The summed E-state index contributed by atoms with van der Waals surface area (Å²) < 4.78 is 6.24. The lowest BCUT2D eigenvalue weighted by Crippen LogP contribution is -2.48. The summed E-state index contributed by atoms with van der Waals surface area (Å²) in [5.74, 6) is -0.114. The summed E-state index contributed by atoms with van der Waals surface area (Å²) in [6.45, 7) is 3.67. The number of thiazole rings is 1. The van der Waals surface area contributed by atoms with Gasteiger partial charge in [-0.1, -0.05) is 23.4 Å². The summed E-state index contributed by atoms with van der Waals surface area (Å²) >= 11 is 9.43. The van der Waals surface area contributed by atoms with Gasteiger partial charge in [-0.25, -0.2) is 4.98 Å². The van der Waals surface area contributed by atoms with E-state index in [4.69, 9.17) is 16.3 Å². The lowest BCUT2D eigenvalue weighted by atomic mass is 10.2. The van der Waals surface area contributed by atoms with Crippen LogP contribution in [-0.2, 0) is 9.53 Å². The summed E-state index contributed by atoms with van der Waals surface area (Å²) in [6, 6.07) is 5.17. The van der Waals surface area contributed by atoms with Crippen LogP contribution in [0.2, 0.25) is 5.02 Å². The predicted octanol–water partition coefficient (Wildman–Crippen LogP) is 3.60. The molecule has 3 rings (SSSR count). The zero-order valence-electron chi connectivity index (χ0n) is 12.9. The molecule has 5 nitrogen and oxygen atoms in total. The Kier molecular flexibility index (Phi) is 7.34. The van der Waals surface area contributed by atoms with Crippen LogP contribution >= 0.6 is 47.1 Å². The lowest BCUT2D eigenvalue weighted by Gasteiger charge is -2.23. The fourth-order valence-corrected chi connectivity index (χ4v) is 4.19. The number of benzene rings is 1. The maximum absolute atomic E-state index is 12.1. The van der Waals surface area contributed by atoms with Crippen molar-refractivity contribution < 1.29 is 9.53 Å². The summed E-state index contributed by atoms with van der Waals surface area (Å²) in [7, 11) is 0. The Morgan fingerprint density at radius 2 is 2.38 bits per heavy atom. The number of anilines is 1. The van der Waals surface area contributed by atoms with Crippen LogP contribution in [0.4, 0.5) is 5.69 Å². The fourth-order valence-electron chi connectivity index (χ4n) is 2.10. The number of ether oxygens (including phenoxy) is 1. The van der Waals surface area contributed by atoms with E-state index in [-0.39, 0.29) is 24.4 Å². The van der Waals surface area contributed by atoms with Gasteiger partial charge >= 0.3 is 0 Å². The maximum atomic E-state index is 12.1. The van der Waals surface area contributed by atoms with Crippen molar-refractivity contribution in [3.05, 3.63) is 34.3 Å². The zero-order valence-corrected chi connectivity index (χ0v) is 16.1. The third kappa shape index (κ3) is 5.08. The molecule has 2 N–H and O–H groups in total. The first-order chi connectivity index (χ1) is 11.1. The maximum Gasteiger partial charge on any atom is 0.243 e. The molecule has 2 heterocycles. The van der Waals surface area contributed by atoms with E-state index in [1.54, 1.807) is 17.4 Å². The molecule has 1 aliphatic rings. The van der Waals surface area contributed by atoms with Crippen molar-refractivity contribution in [3.8, 4) is 0 Å². The van der Waals surface area contributed by atoms with Crippen molar-refractivity contribution >= 4 is 58.7 Å². The second-order valence-electron chi connectivity index (χ2n) is 5.07. The number of rotatable bonds is 4. The fraction of sp³-hybridized carbons (Fsp3) is 0.333. The molecule has 1 fully saturated rings. The zero-order chi connectivity index (χ0) is 16.2. The molecule has 0 aliphatic carbocycles. The van der Waals surface area contributed by atoms with Gasteiger partial charge in [-0.05, 0) is 25.1 Å².